The van der Waals surface area contributed by atoms with Gasteiger partial charge in [-0.2, -0.15) is 13.2 Å². The van der Waals surface area contributed by atoms with Crippen molar-refractivity contribution in [1.82, 2.24) is 14.9 Å². The molecule has 2 heterocycles. The third-order valence-electron chi connectivity index (χ3n) is 5.81. The second-order valence-corrected chi connectivity index (χ2v) is 8.27. The Bertz CT molecular complexity index is 1170. The molecule has 0 fully saturated rings. The molecule has 4 rings (SSSR count). The standard InChI is InChI=1S/C26H26F3N3O3/c1-2-34-25(33)17-35-23-8-5-18-9-11-32(12-10-20(18)13-23)16-22-14-30-15-24(31-22)19-3-6-21(7-4-19)26(27,28)29/h3-8,13-15H,2,9-12,16-17H2,1H3. The Labute approximate surface area is 201 Å². The lowest BCUT2D eigenvalue weighted by molar-refractivity contribution is -0.145. The number of ether oxygens (including phenoxy) is 2. The van der Waals surface area contributed by atoms with Gasteiger partial charge in [-0.25, -0.2) is 9.78 Å². The topological polar surface area (TPSA) is 64.6 Å². The third kappa shape index (κ3) is 6.57. The number of halogens is 3. The first kappa shape index (κ1) is 24.7. The van der Waals surface area contributed by atoms with Crippen LogP contribution in [-0.2, 0) is 35.1 Å². The molecule has 0 saturated carbocycles. The minimum absolute atomic E-state index is 0.118. The smallest absolute Gasteiger partial charge is 0.416 e. The third-order valence-corrected chi connectivity index (χ3v) is 5.81. The van der Waals surface area contributed by atoms with Crippen molar-refractivity contribution in [2.24, 2.45) is 0 Å². The average molecular weight is 486 g/mol. The predicted molar refractivity (Wildman–Crippen MR) is 124 cm³/mol. The first-order valence-corrected chi connectivity index (χ1v) is 11.4. The number of alkyl halides is 3. The van der Waals surface area contributed by atoms with Gasteiger partial charge in [0.25, 0.3) is 0 Å². The molecule has 0 amide bonds. The number of hydrogen-bond donors (Lipinski definition) is 0. The zero-order valence-corrected chi connectivity index (χ0v) is 19.3. The molecule has 3 aromatic rings. The van der Waals surface area contributed by atoms with Crippen LogP contribution in [0.3, 0.4) is 0 Å². The van der Waals surface area contributed by atoms with Crippen molar-refractivity contribution in [2.75, 3.05) is 26.3 Å². The van der Waals surface area contributed by atoms with E-state index in [1.54, 1.807) is 19.3 Å². The second-order valence-electron chi connectivity index (χ2n) is 8.27. The van der Waals surface area contributed by atoms with Crippen LogP contribution in [-0.4, -0.2) is 47.1 Å². The molecule has 0 saturated heterocycles. The normalized spacial score (nSPS) is 14.2. The maximum absolute atomic E-state index is 12.8. The maximum Gasteiger partial charge on any atom is 0.416 e. The fourth-order valence-electron chi connectivity index (χ4n) is 4.02. The van der Waals surface area contributed by atoms with Gasteiger partial charge in [0.15, 0.2) is 6.61 Å². The predicted octanol–water partition coefficient (Wildman–Crippen LogP) is 4.71. The van der Waals surface area contributed by atoms with E-state index in [9.17, 15) is 18.0 Å². The Morgan fingerprint density at radius 3 is 2.49 bits per heavy atom. The molecule has 1 aromatic heterocycles. The first-order chi connectivity index (χ1) is 16.8. The molecule has 0 atom stereocenters. The number of aromatic nitrogens is 2. The zero-order valence-electron chi connectivity index (χ0n) is 19.3. The van der Waals surface area contributed by atoms with Crippen molar-refractivity contribution >= 4 is 5.97 Å². The molecule has 0 spiro atoms. The number of carbonyl (C=O) groups is 1. The minimum Gasteiger partial charge on any atom is -0.482 e. The average Bonchev–Trinajstić information content (AvgIpc) is 3.04. The fourth-order valence-corrected chi connectivity index (χ4v) is 4.02. The Balaban J connectivity index is 1.38. The van der Waals surface area contributed by atoms with Crippen LogP contribution < -0.4 is 4.74 Å². The highest BCUT2D eigenvalue weighted by Gasteiger charge is 2.30. The van der Waals surface area contributed by atoms with Crippen molar-refractivity contribution in [3.63, 3.8) is 0 Å². The summed E-state index contributed by atoms with van der Waals surface area (Å²) in [5.41, 5.74) is 3.61. The molecule has 35 heavy (non-hydrogen) atoms. The lowest BCUT2D eigenvalue weighted by Gasteiger charge is -2.19. The molecule has 6 nitrogen and oxygen atoms in total. The van der Waals surface area contributed by atoms with E-state index in [1.807, 2.05) is 18.2 Å². The van der Waals surface area contributed by atoms with Crippen LogP contribution in [0.2, 0.25) is 0 Å². The van der Waals surface area contributed by atoms with E-state index in [0.29, 0.717) is 30.2 Å². The summed E-state index contributed by atoms with van der Waals surface area (Å²) in [5, 5.41) is 0. The summed E-state index contributed by atoms with van der Waals surface area (Å²) in [5.74, 6) is 0.244. The summed E-state index contributed by atoms with van der Waals surface area (Å²) in [7, 11) is 0. The lowest BCUT2D eigenvalue weighted by Crippen LogP contribution is -2.26. The number of hydrogen-bond acceptors (Lipinski definition) is 6. The molecule has 2 aromatic carbocycles. The quantitative estimate of drug-likeness (QED) is 0.452. The highest BCUT2D eigenvalue weighted by molar-refractivity contribution is 5.71. The minimum atomic E-state index is -4.37. The largest absolute Gasteiger partial charge is 0.482 e. The Kier molecular flexibility index (Phi) is 7.65. The molecule has 0 aliphatic carbocycles. The van der Waals surface area contributed by atoms with E-state index < -0.39 is 17.7 Å². The summed E-state index contributed by atoms with van der Waals surface area (Å²) < 4.78 is 49.0. The number of benzene rings is 2. The van der Waals surface area contributed by atoms with E-state index in [0.717, 1.165) is 43.8 Å². The number of nitrogens with zero attached hydrogens (tertiary/aromatic N) is 3. The van der Waals surface area contributed by atoms with Crippen molar-refractivity contribution < 1.29 is 27.4 Å². The molecule has 184 valence electrons. The van der Waals surface area contributed by atoms with Gasteiger partial charge in [-0.1, -0.05) is 18.2 Å². The second kappa shape index (κ2) is 10.9. The summed E-state index contributed by atoms with van der Waals surface area (Å²) in [6, 6.07) is 10.8. The highest BCUT2D eigenvalue weighted by atomic mass is 19.4. The molecule has 0 radical (unpaired) electrons. The van der Waals surface area contributed by atoms with Gasteiger partial charge in [0.05, 0.1) is 29.8 Å². The molecule has 0 bridgehead atoms. The van der Waals surface area contributed by atoms with Gasteiger partial charge in [0.2, 0.25) is 0 Å². The Morgan fingerprint density at radius 2 is 1.77 bits per heavy atom. The van der Waals surface area contributed by atoms with E-state index in [4.69, 9.17) is 9.47 Å². The Morgan fingerprint density at radius 1 is 1.03 bits per heavy atom. The van der Waals surface area contributed by atoms with Gasteiger partial charge in [-0.15, -0.1) is 0 Å². The molecular formula is C26H26F3N3O3. The van der Waals surface area contributed by atoms with Gasteiger partial charge in [-0.05, 0) is 55.2 Å². The van der Waals surface area contributed by atoms with Crippen LogP contribution in [0.25, 0.3) is 11.3 Å². The number of fused-ring (bicyclic) bond motifs is 1. The van der Waals surface area contributed by atoms with Crippen LogP contribution in [0.4, 0.5) is 13.2 Å². The van der Waals surface area contributed by atoms with Gasteiger partial charge < -0.3 is 9.47 Å². The van der Waals surface area contributed by atoms with Gasteiger partial charge in [-0.3, -0.25) is 9.88 Å². The zero-order chi connectivity index (χ0) is 24.8. The summed E-state index contributed by atoms with van der Waals surface area (Å²) >= 11 is 0. The van der Waals surface area contributed by atoms with Crippen LogP contribution in [0.1, 0.15) is 29.3 Å². The van der Waals surface area contributed by atoms with E-state index in [2.05, 4.69) is 14.9 Å². The molecule has 9 heteroatoms. The number of carbonyl (C=O) groups excluding carboxylic acids is 1. The maximum atomic E-state index is 12.8. The fraction of sp³-hybridized carbons (Fsp3) is 0.346. The van der Waals surface area contributed by atoms with E-state index >= 15 is 0 Å². The molecular weight excluding hydrogens is 459 g/mol. The van der Waals surface area contributed by atoms with Crippen molar-refractivity contribution in [3.05, 3.63) is 77.2 Å². The van der Waals surface area contributed by atoms with Crippen molar-refractivity contribution in [3.8, 4) is 17.0 Å². The first-order valence-electron chi connectivity index (χ1n) is 11.4. The van der Waals surface area contributed by atoms with E-state index in [-0.39, 0.29) is 6.61 Å². The van der Waals surface area contributed by atoms with Gasteiger partial charge in [0, 0.05) is 31.4 Å². The summed E-state index contributed by atoms with van der Waals surface area (Å²) in [4.78, 5) is 22.7. The monoisotopic (exact) mass is 485 g/mol. The molecule has 0 N–H and O–H groups in total. The van der Waals surface area contributed by atoms with Gasteiger partial charge >= 0.3 is 12.1 Å². The van der Waals surface area contributed by atoms with Crippen LogP contribution in [0, 0.1) is 0 Å². The SMILES string of the molecule is CCOC(=O)COc1ccc2c(c1)CCN(Cc1cncc(-c3ccc(C(F)(F)F)cc3)n1)CC2. The summed E-state index contributed by atoms with van der Waals surface area (Å²) in [6.45, 7) is 4.18. The molecule has 0 unspecified atom stereocenters. The van der Waals surface area contributed by atoms with Gasteiger partial charge in [0.1, 0.15) is 5.75 Å². The van der Waals surface area contributed by atoms with Crippen LogP contribution in [0.15, 0.2) is 54.9 Å². The number of esters is 1. The van der Waals surface area contributed by atoms with Crippen LogP contribution >= 0.6 is 0 Å². The summed E-state index contributed by atoms with van der Waals surface area (Å²) in [6.07, 6.45) is 0.552. The van der Waals surface area contributed by atoms with E-state index in [1.165, 1.54) is 23.3 Å². The van der Waals surface area contributed by atoms with Crippen LogP contribution in [0.5, 0.6) is 5.75 Å². The molecule has 1 aliphatic heterocycles. The van der Waals surface area contributed by atoms with Crippen molar-refractivity contribution in [2.45, 2.75) is 32.5 Å². The Hall–Kier alpha value is -3.46. The molecule has 1 aliphatic rings. The van der Waals surface area contributed by atoms with Crippen molar-refractivity contribution in [1.29, 1.82) is 0 Å². The number of rotatable bonds is 7. The highest BCUT2D eigenvalue weighted by Crippen LogP contribution is 2.30. The lowest BCUT2D eigenvalue weighted by atomic mass is 10.0.